The molecule has 1 atom stereocenters. The normalized spacial score (nSPS) is 11.7. The first-order valence-electron chi connectivity index (χ1n) is 10.7. The second-order valence-electron chi connectivity index (χ2n) is 7.62. The number of para-hydroxylation sites is 1. The van der Waals surface area contributed by atoms with Gasteiger partial charge in [0.15, 0.2) is 11.0 Å². The fraction of sp³-hybridized carbons (Fsp3) is 0.333. The van der Waals surface area contributed by atoms with Crippen molar-refractivity contribution in [2.75, 3.05) is 18.2 Å². The van der Waals surface area contributed by atoms with E-state index in [1.165, 1.54) is 11.8 Å². The molecular formula is C24H29N5O3S. The first kappa shape index (κ1) is 24.3. The van der Waals surface area contributed by atoms with E-state index in [1.807, 2.05) is 39.1 Å². The number of hydrogen-bond donors (Lipinski definition) is 2. The van der Waals surface area contributed by atoms with Crippen LogP contribution in [-0.4, -0.2) is 39.4 Å². The molecule has 8 nitrogen and oxygen atoms in total. The molecule has 33 heavy (non-hydrogen) atoms. The molecule has 0 aliphatic rings. The molecule has 0 unspecified atom stereocenters. The zero-order valence-electron chi connectivity index (χ0n) is 19.5. The van der Waals surface area contributed by atoms with E-state index in [1.54, 1.807) is 35.9 Å². The number of aromatic nitrogens is 3. The van der Waals surface area contributed by atoms with Gasteiger partial charge in [-0.25, -0.2) is 0 Å². The standard InChI is InChI=1S/C24H29N5O3S/c1-6-17-9-7-8-15(2)21(17)26-20(30)14-33-24-28-27-22(29(24)4)16(3)25-23(31)18-10-12-19(32-5)13-11-18/h7-13,16H,6,14H2,1-5H3,(H,25,31)(H,26,30)/t16-/m0/s1. The average molecular weight is 468 g/mol. The number of benzene rings is 2. The SMILES string of the molecule is CCc1cccc(C)c1NC(=O)CSc1nnc([C@H](C)NC(=O)c2ccc(OC)cc2)n1C. The lowest BCUT2D eigenvalue weighted by atomic mass is 10.1. The van der Waals surface area contributed by atoms with Gasteiger partial charge < -0.3 is 19.9 Å². The third-order valence-corrected chi connectivity index (χ3v) is 6.31. The summed E-state index contributed by atoms with van der Waals surface area (Å²) in [6.45, 7) is 5.89. The number of thioether (sulfide) groups is 1. The van der Waals surface area contributed by atoms with Gasteiger partial charge >= 0.3 is 0 Å². The van der Waals surface area contributed by atoms with Crippen molar-refractivity contribution in [3.63, 3.8) is 0 Å². The fourth-order valence-electron chi connectivity index (χ4n) is 3.42. The molecule has 0 saturated carbocycles. The maximum atomic E-state index is 12.6. The van der Waals surface area contributed by atoms with Gasteiger partial charge in [-0.15, -0.1) is 10.2 Å². The third-order valence-electron chi connectivity index (χ3n) is 5.29. The van der Waals surface area contributed by atoms with Crippen molar-refractivity contribution in [2.45, 2.75) is 38.4 Å². The van der Waals surface area contributed by atoms with Crippen LogP contribution in [0.5, 0.6) is 5.75 Å². The highest BCUT2D eigenvalue weighted by atomic mass is 32.2. The number of nitrogens with one attached hydrogen (secondary N) is 2. The zero-order chi connectivity index (χ0) is 24.0. The van der Waals surface area contributed by atoms with Crippen molar-refractivity contribution >= 4 is 29.3 Å². The molecule has 0 bridgehead atoms. The van der Waals surface area contributed by atoms with Gasteiger partial charge in [-0.05, 0) is 55.7 Å². The van der Waals surface area contributed by atoms with Crippen molar-refractivity contribution in [1.29, 1.82) is 0 Å². The highest BCUT2D eigenvalue weighted by Gasteiger charge is 2.19. The summed E-state index contributed by atoms with van der Waals surface area (Å²) in [6.07, 6.45) is 0.844. The van der Waals surface area contributed by atoms with E-state index in [2.05, 4.69) is 27.8 Å². The predicted octanol–water partition coefficient (Wildman–Crippen LogP) is 3.92. The van der Waals surface area contributed by atoms with Crippen LogP contribution >= 0.6 is 11.8 Å². The summed E-state index contributed by atoms with van der Waals surface area (Å²) in [5, 5.41) is 15.0. The zero-order valence-corrected chi connectivity index (χ0v) is 20.3. The lowest BCUT2D eigenvalue weighted by Gasteiger charge is -2.14. The van der Waals surface area contributed by atoms with E-state index in [-0.39, 0.29) is 23.6 Å². The summed E-state index contributed by atoms with van der Waals surface area (Å²) < 4.78 is 6.92. The molecule has 3 aromatic rings. The summed E-state index contributed by atoms with van der Waals surface area (Å²) in [7, 11) is 3.40. The molecule has 2 N–H and O–H groups in total. The van der Waals surface area contributed by atoms with E-state index >= 15 is 0 Å². The molecule has 0 aliphatic heterocycles. The van der Waals surface area contributed by atoms with Crippen LogP contribution in [0.1, 0.15) is 47.2 Å². The third kappa shape index (κ3) is 5.92. The smallest absolute Gasteiger partial charge is 0.251 e. The number of hydrogen-bond acceptors (Lipinski definition) is 6. The van der Waals surface area contributed by atoms with Crippen LogP contribution in [0, 0.1) is 6.92 Å². The minimum absolute atomic E-state index is 0.102. The predicted molar refractivity (Wildman–Crippen MR) is 130 cm³/mol. The molecular weight excluding hydrogens is 438 g/mol. The molecule has 0 radical (unpaired) electrons. The summed E-state index contributed by atoms with van der Waals surface area (Å²) in [6, 6.07) is 12.5. The first-order valence-corrected chi connectivity index (χ1v) is 11.7. The van der Waals surface area contributed by atoms with E-state index < -0.39 is 0 Å². The highest BCUT2D eigenvalue weighted by Crippen LogP contribution is 2.23. The van der Waals surface area contributed by atoms with Crippen molar-refractivity contribution in [1.82, 2.24) is 20.1 Å². The summed E-state index contributed by atoms with van der Waals surface area (Å²) in [5.41, 5.74) is 3.55. The number of rotatable bonds is 9. The lowest BCUT2D eigenvalue weighted by Crippen LogP contribution is -2.28. The van der Waals surface area contributed by atoms with E-state index in [0.717, 1.165) is 23.2 Å². The van der Waals surface area contributed by atoms with Crippen LogP contribution in [0.3, 0.4) is 0 Å². The summed E-state index contributed by atoms with van der Waals surface area (Å²) >= 11 is 1.30. The van der Waals surface area contributed by atoms with Crippen molar-refractivity contribution < 1.29 is 14.3 Å². The number of carbonyl (C=O) groups is 2. The van der Waals surface area contributed by atoms with Gasteiger partial charge in [0.25, 0.3) is 5.91 Å². The minimum atomic E-state index is -0.362. The Morgan fingerprint density at radius 2 is 1.88 bits per heavy atom. The molecule has 1 aromatic heterocycles. The Bertz CT molecular complexity index is 1130. The van der Waals surface area contributed by atoms with Crippen molar-refractivity contribution in [3.05, 3.63) is 65.0 Å². The maximum Gasteiger partial charge on any atom is 0.251 e. The van der Waals surface area contributed by atoms with Crippen molar-refractivity contribution in [3.8, 4) is 5.75 Å². The second-order valence-corrected chi connectivity index (χ2v) is 8.57. The molecule has 9 heteroatoms. The Labute approximate surface area is 198 Å². The van der Waals surface area contributed by atoms with Gasteiger partial charge in [-0.1, -0.05) is 36.9 Å². The monoisotopic (exact) mass is 467 g/mol. The number of carbonyl (C=O) groups excluding carboxylic acids is 2. The van der Waals surface area contributed by atoms with Crippen LogP contribution in [0.15, 0.2) is 47.6 Å². The van der Waals surface area contributed by atoms with Crippen LogP contribution in [0.25, 0.3) is 0 Å². The Morgan fingerprint density at radius 3 is 2.55 bits per heavy atom. The van der Waals surface area contributed by atoms with E-state index in [9.17, 15) is 9.59 Å². The molecule has 2 aromatic carbocycles. The van der Waals surface area contributed by atoms with Gasteiger partial charge in [-0.2, -0.15) is 0 Å². The van der Waals surface area contributed by atoms with Crippen LogP contribution < -0.4 is 15.4 Å². The molecule has 0 fully saturated rings. The molecule has 1 heterocycles. The first-order chi connectivity index (χ1) is 15.8. The van der Waals surface area contributed by atoms with Crippen LogP contribution in [0.2, 0.25) is 0 Å². The Morgan fingerprint density at radius 1 is 1.15 bits per heavy atom. The number of methoxy groups -OCH3 is 1. The average Bonchev–Trinajstić information content (AvgIpc) is 3.19. The second kappa shape index (κ2) is 11.0. The number of nitrogens with zero attached hydrogens (tertiary/aromatic N) is 3. The molecule has 0 aliphatic carbocycles. The molecule has 2 amide bonds. The number of ether oxygens (including phenoxy) is 1. The number of anilines is 1. The molecule has 3 rings (SSSR count). The lowest BCUT2D eigenvalue weighted by molar-refractivity contribution is -0.113. The topological polar surface area (TPSA) is 98.1 Å². The Hall–Kier alpha value is -3.33. The number of aryl methyl sites for hydroxylation is 2. The Balaban J connectivity index is 1.59. The van der Waals surface area contributed by atoms with E-state index in [0.29, 0.717) is 22.3 Å². The fourth-order valence-corrected chi connectivity index (χ4v) is 4.14. The highest BCUT2D eigenvalue weighted by molar-refractivity contribution is 7.99. The molecule has 174 valence electrons. The molecule has 0 saturated heterocycles. The Kier molecular flexibility index (Phi) is 8.11. The maximum absolute atomic E-state index is 12.6. The molecule has 0 spiro atoms. The number of amides is 2. The van der Waals surface area contributed by atoms with Crippen LogP contribution in [-0.2, 0) is 18.3 Å². The van der Waals surface area contributed by atoms with Gasteiger partial charge in [0.05, 0.1) is 18.9 Å². The van der Waals surface area contributed by atoms with Gasteiger partial charge in [-0.3, -0.25) is 9.59 Å². The van der Waals surface area contributed by atoms with Crippen LogP contribution in [0.4, 0.5) is 5.69 Å². The van der Waals surface area contributed by atoms with Gasteiger partial charge in [0, 0.05) is 18.3 Å². The largest absolute Gasteiger partial charge is 0.497 e. The minimum Gasteiger partial charge on any atom is -0.497 e. The summed E-state index contributed by atoms with van der Waals surface area (Å²) in [4.78, 5) is 25.1. The summed E-state index contributed by atoms with van der Waals surface area (Å²) in [5.74, 6) is 1.18. The van der Waals surface area contributed by atoms with Gasteiger partial charge in [0.1, 0.15) is 5.75 Å². The quantitative estimate of drug-likeness (QED) is 0.463. The van der Waals surface area contributed by atoms with E-state index in [4.69, 9.17) is 4.74 Å². The van der Waals surface area contributed by atoms with Crippen molar-refractivity contribution in [2.24, 2.45) is 7.05 Å². The van der Waals surface area contributed by atoms with Gasteiger partial charge in [0.2, 0.25) is 5.91 Å².